The number of ether oxygens (including phenoxy) is 2. The van der Waals surface area contributed by atoms with Crippen LogP contribution in [-0.4, -0.2) is 67.3 Å². The Kier molecular flexibility index (Phi) is 12.3. The third-order valence-corrected chi connectivity index (χ3v) is 6.01. The van der Waals surface area contributed by atoms with Crippen LogP contribution in [0.1, 0.15) is 90.4 Å². The lowest BCUT2D eigenvalue weighted by Crippen LogP contribution is -2.44. The highest BCUT2D eigenvalue weighted by Gasteiger charge is 2.30. The molecule has 0 bridgehead atoms. The summed E-state index contributed by atoms with van der Waals surface area (Å²) in [5, 5.41) is 0. The molecule has 0 saturated carbocycles. The molecule has 6 heteroatoms. The summed E-state index contributed by atoms with van der Waals surface area (Å²) in [5.41, 5.74) is 0. The van der Waals surface area contributed by atoms with E-state index >= 15 is 0 Å². The molecule has 0 N–H and O–H groups in total. The molecule has 1 amide bonds. The first kappa shape index (κ1) is 24.1. The molecule has 0 aromatic rings. The molecule has 0 unspecified atom stereocenters. The molecule has 0 radical (unpaired) electrons. The topological polar surface area (TPSA) is 59.1 Å². The lowest BCUT2D eigenvalue weighted by Gasteiger charge is -2.31. The van der Waals surface area contributed by atoms with Crippen molar-refractivity contribution < 1.29 is 19.1 Å². The number of nitrogens with zero attached hydrogens (tertiary/aromatic N) is 2. The summed E-state index contributed by atoms with van der Waals surface area (Å²) in [6.45, 7) is 7.12. The van der Waals surface area contributed by atoms with Gasteiger partial charge in [-0.1, -0.05) is 58.3 Å². The van der Waals surface area contributed by atoms with Gasteiger partial charge in [-0.25, -0.2) is 0 Å². The normalized spacial score (nSPS) is 18.9. The molecule has 2 fully saturated rings. The number of amides is 1. The summed E-state index contributed by atoms with van der Waals surface area (Å²) < 4.78 is 11.2. The summed E-state index contributed by atoms with van der Waals surface area (Å²) in [7, 11) is 0. The van der Waals surface area contributed by atoms with Gasteiger partial charge in [0.2, 0.25) is 5.91 Å². The van der Waals surface area contributed by atoms with Crippen LogP contribution in [0.3, 0.4) is 0 Å². The number of unbranched alkanes of at least 4 members (excludes halogenated alkanes) is 8. The Morgan fingerprint density at radius 3 is 2.28 bits per heavy atom. The molecule has 29 heavy (non-hydrogen) atoms. The SMILES string of the molecule is CCCCCCCCCCCC(=O)O[C@H](CCN1CCOCC1)N1CCCC1=O. The van der Waals surface area contributed by atoms with Crippen LogP contribution >= 0.6 is 0 Å². The standard InChI is InChI=1S/C23H42N2O4/c1-2-3-4-5-6-7-8-9-10-13-23(27)29-22(25-15-11-12-21(25)26)14-16-24-17-19-28-20-18-24/h22H,2-20H2,1H3/t22-/m1/s1. The minimum absolute atomic E-state index is 0.118. The van der Waals surface area contributed by atoms with Crippen LogP contribution in [0.15, 0.2) is 0 Å². The largest absolute Gasteiger partial charge is 0.441 e. The molecule has 0 aromatic carbocycles. The summed E-state index contributed by atoms with van der Waals surface area (Å²) in [5.74, 6) is -0.0347. The van der Waals surface area contributed by atoms with E-state index < -0.39 is 6.23 Å². The number of likely N-dealkylation sites (tertiary alicyclic amines) is 1. The van der Waals surface area contributed by atoms with Gasteiger partial charge in [0.25, 0.3) is 0 Å². The lowest BCUT2D eigenvalue weighted by atomic mass is 10.1. The average molecular weight is 411 g/mol. The van der Waals surface area contributed by atoms with Gasteiger partial charge in [0, 0.05) is 45.4 Å². The van der Waals surface area contributed by atoms with Crippen molar-refractivity contribution in [2.45, 2.75) is 96.6 Å². The predicted octanol–water partition coefficient (Wildman–Crippen LogP) is 4.12. The number of esters is 1. The van der Waals surface area contributed by atoms with Crippen LogP contribution in [0.25, 0.3) is 0 Å². The van der Waals surface area contributed by atoms with Crippen LogP contribution < -0.4 is 0 Å². The number of hydrogen-bond acceptors (Lipinski definition) is 5. The highest BCUT2D eigenvalue weighted by atomic mass is 16.6. The predicted molar refractivity (Wildman–Crippen MR) is 115 cm³/mol. The summed E-state index contributed by atoms with van der Waals surface area (Å²) in [6.07, 6.45) is 13.3. The van der Waals surface area contributed by atoms with Gasteiger partial charge < -0.3 is 14.4 Å². The van der Waals surface area contributed by atoms with Crippen LogP contribution in [0.5, 0.6) is 0 Å². The van der Waals surface area contributed by atoms with E-state index in [4.69, 9.17) is 9.47 Å². The second kappa shape index (κ2) is 14.8. The van der Waals surface area contributed by atoms with Gasteiger partial charge in [-0.3, -0.25) is 14.5 Å². The molecule has 0 aliphatic carbocycles. The number of carbonyl (C=O) groups excluding carboxylic acids is 2. The summed E-state index contributed by atoms with van der Waals surface area (Å²) in [4.78, 5) is 28.7. The van der Waals surface area contributed by atoms with Crippen molar-refractivity contribution in [2.24, 2.45) is 0 Å². The zero-order valence-electron chi connectivity index (χ0n) is 18.5. The minimum atomic E-state index is -0.404. The van der Waals surface area contributed by atoms with Crippen LogP contribution in [0.2, 0.25) is 0 Å². The van der Waals surface area contributed by atoms with Gasteiger partial charge >= 0.3 is 5.97 Å². The van der Waals surface area contributed by atoms with E-state index in [9.17, 15) is 9.59 Å². The molecule has 1 atom stereocenters. The quantitative estimate of drug-likeness (QED) is 0.300. The fourth-order valence-electron chi connectivity index (χ4n) is 4.16. The van der Waals surface area contributed by atoms with Gasteiger partial charge in [0.1, 0.15) is 0 Å². The lowest BCUT2D eigenvalue weighted by molar-refractivity contribution is -0.164. The highest BCUT2D eigenvalue weighted by Crippen LogP contribution is 2.19. The van der Waals surface area contributed by atoms with E-state index in [2.05, 4.69) is 11.8 Å². The smallest absolute Gasteiger partial charge is 0.307 e. The second-order valence-corrected chi connectivity index (χ2v) is 8.46. The molecular weight excluding hydrogens is 368 g/mol. The van der Waals surface area contributed by atoms with Crippen molar-refractivity contribution in [3.05, 3.63) is 0 Å². The molecule has 0 spiro atoms. The van der Waals surface area contributed by atoms with E-state index in [1.807, 2.05) is 0 Å². The van der Waals surface area contributed by atoms with Crippen molar-refractivity contribution in [1.82, 2.24) is 9.80 Å². The maximum atomic E-state index is 12.4. The molecule has 2 aliphatic heterocycles. The highest BCUT2D eigenvalue weighted by molar-refractivity contribution is 5.78. The first-order valence-corrected chi connectivity index (χ1v) is 12.0. The van der Waals surface area contributed by atoms with Crippen molar-refractivity contribution in [1.29, 1.82) is 0 Å². The van der Waals surface area contributed by atoms with Gasteiger partial charge in [0.05, 0.1) is 13.2 Å². The number of hydrogen-bond donors (Lipinski definition) is 0. The third kappa shape index (κ3) is 9.94. The van der Waals surface area contributed by atoms with Crippen molar-refractivity contribution in [3.63, 3.8) is 0 Å². The molecule has 0 aromatic heterocycles. The van der Waals surface area contributed by atoms with Crippen LogP contribution in [-0.2, 0) is 19.1 Å². The fraction of sp³-hybridized carbons (Fsp3) is 0.913. The fourth-order valence-corrected chi connectivity index (χ4v) is 4.16. The maximum absolute atomic E-state index is 12.4. The zero-order valence-corrected chi connectivity index (χ0v) is 18.5. The molecular formula is C23H42N2O4. The summed E-state index contributed by atoms with van der Waals surface area (Å²) >= 11 is 0. The second-order valence-electron chi connectivity index (χ2n) is 8.46. The minimum Gasteiger partial charge on any atom is -0.441 e. The third-order valence-electron chi connectivity index (χ3n) is 6.01. The van der Waals surface area contributed by atoms with E-state index in [1.165, 1.54) is 44.9 Å². The molecule has 2 heterocycles. The molecule has 168 valence electrons. The van der Waals surface area contributed by atoms with E-state index in [-0.39, 0.29) is 11.9 Å². The Bertz CT molecular complexity index is 466. The number of morpholine rings is 1. The Balaban J connectivity index is 1.63. The van der Waals surface area contributed by atoms with Gasteiger partial charge in [-0.15, -0.1) is 0 Å². The molecule has 6 nitrogen and oxygen atoms in total. The van der Waals surface area contributed by atoms with Crippen molar-refractivity contribution >= 4 is 11.9 Å². The summed E-state index contributed by atoms with van der Waals surface area (Å²) in [6, 6.07) is 0. The monoisotopic (exact) mass is 410 g/mol. The Morgan fingerprint density at radius 2 is 1.66 bits per heavy atom. The van der Waals surface area contributed by atoms with Crippen molar-refractivity contribution in [3.8, 4) is 0 Å². The Hall–Kier alpha value is -1.14. The molecule has 2 saturated heterocycles. The maximum Gasteiger partial charge on any atom is 0.307 e. The number of rotatable bonds is 15. The van der Waals surface area contributed by atoms with Gasteiger partial charge in [-0.2, -0.15) is 0 Å². The average Bonchev–Trinajstić information content (AvgIpc) is 3.16. The van der Waals surface area contributed by atoms with Gasteiger partial charge in [-0.05, 0) is 12.8 Å². The van der Waals surface area contributed by atoms with Gasteiger partial charge in [0.15, 0.2) is 6.23 Å². The van der Waals surface area contributed by atoms with E-state index in [0.29, 0.717) is 25.8 Å². The van der Waals surface area contributed by atoms with Crippen LogP contribution in [0.4, 0.5) is 0 Å². The number of carbonyl (C=O) groups is 2. The Morgan fingerprint density at radius 1 is 1.00 bits per heavy atom. The molecule has 2 aliphatic rings. The van der Waals surface area contributed by atoms with E-state index in [1.54, 1.807) is 4.90 Å². The Labute approximate surface area is 177 Å². The van der Waals surface area contributed by atoms with Crippen LogP contribution in [0, 0.1) is 0 Å². The van der Waals surface area contributed by atoms with Crippen molar-refractivity contribution in [2.75, 3.05) is 39.4 Å². The molecule has 2 rings (SSSR count). The van der Waals surface area contributed by atoms with E-state index in [0.717, 1.165) is 52.1 Å². The first-order chi connectivity index (χ1) is 14.2. The zero-order chi connectivity index (χ0) is 20.7. The first-order valence-electron chi connectivity index (χ1n) is 12.0.